The van der Waals surface area contributed by atoms with Crippen molar-refractivity contribution in [1.82, 2.24) is 4.98 Å². The van der Waals surface area contributed by atoms with Crippen molar-refractivity contribution >= 4 is 17.4 Å². The van der Waals surface area contributed by atoms with Crippen LogP contribution < -0.4 is 11.1 Å². The molecule has 0 saturated heterocycles. The number of anilines is 2. The molecular formula is C18H23N3O. The second-order valence-corrected chi connectivity index (χ2v) is 6.15. The van der Waals surface area contributed by atoms with Crippen molar-refractivity contribution in [3.63, 3.8) is 0 Å². The normalized spacial score (nSPS) is 11.2. The first-order chi connectivity index (χ1) is 10.5. The van der Waals surface area contributed by atoms with Crippen LogP contribution in [-0.4, -0.2) is 10.9 Å². The van der Waals surface area contributed by atoms with Gasteiger partial charge in [-0.05, 0) is 37.0 Å². The molecule has 0 unspecified atom stereocenters. The predicted molar refractivity (Wildman–Crippen MR) is 90.4 cm³/mol. The van der Waals surface area contributed by atoms with Crippen LogP contribution in [0.4, 0.5) is 11.5 Å². The minimum Gasteiger partial charge on any atom is -0.384 e. The van der Waals surface area contributed by atoms with Gasteiger partial charge >= 0.3 is 0 Å². The molecule has 1 aromatic heterocycles. The maximum Gasteiger partial charge on any atom is 0.230 e. The van der Waals surface area contributed by atoms with E-state index in [2.05, 4.69) is 22.4 Å². The minimum atomic E-state index is -0.420. The third-order valence-corrected chi connectivity index (χ3v) is 3.77. The Hall–Kier alpha value is -2.36. The van der Waals surface area contributed by atoms with Crippen molar-refractivity contribution in [2.24, 2.45) is 5.41 Å². The Kier molecular flexibility index (Phi) is 5.15. The minimum absolute atomic E-state index is 0.00660. The van der Waals surface area contributed by atoms with Crippen LogP contribution in [-0.2, 0) is 11.2 Å². The number of aromatic nitrogens is 1. The van der Waals surface area contributed by atoms with Gasteiger partial charge in [0.15, 0.2) is 0 Å². The summed E-state index contributed by atoms with van der Waals surface area (Å²) < 4.78 is 0. The van der Waals surface area contributed by atoms with Crippen LogP contribution in [0.25, 0.3) is 0 Å². The first kappa shape index (κ1) is 16.0. The molecule has 1 aromatic carbocycles. The van der Waals surface area contributed by atoms with E-state index in [1.807, 2.05) is 32.0 Å². The molecule has 116 valence electrons. The van der Waals surface area contributed by atoms with Crippen molar-refractivity contribution in [3.05, 3.63) is 54.2 Å². The van der Waals surface area contributed by atoms with Crippen LogP contribution in [0.1, 0.15) is 32.3 Å². The van der Waals surface area contributed by atoms with Gasteiger partial charge in [-0.1, -0.05) is 44.2 Å². The van der Waals surface area contributed by atoms with Crippen molar-refractivity contribution in [3.8, 4) is 0 Å². The van der Waals surface area contributed by atoms with Gasteiger partial charge < -0.3 is 11.1 Å². The molecule has 0 saturated carbocycles. The molecule has 0 atom stereocenters. The summed E-state index contributed by atoms with van der Waals surface area (Å²) in [6, 6.07) is 13.8. The van der Waals surface area contributed by atoms with Crippen LogP contribution in [0.15, 0.2) is 48.7 Å². The highest BCUT2D eigenvalue weighted by Gasteiger charge is 2.27. The van der Waals surface area contributed by atoms with Crippen LogP contribution >= 0.6 is 0 Å². The second-order valence-electron chi connectivity index (χ2n) is 6.15. The molecule has 0 aliphatic rings. The molecule has 0 aliphatic carbocycles. The highest BCUT2D eigenvalue weighted by atomic mass is 16.2. The Morgan fingerprint density at radius 2 is 1.91 bits per heavy atom. The highest BCUT2D eigenvalue weighted by molar-refractivity contribution is 5.94. The molecule has 22 heavy (non-hydrogen) atoms. The van der Waals surface area contributed by atoms with E-state index in [0.29, 0.717) is 11.5 Å². The lowest BCUT2D eigenvalue weighted by molar-refractivity contribution is -0.124. The summed E-state index contributed by atoms with van der Waals surface area (Å²) >= 11 is 0. The van der Waals surface area contributed by atoms with Crippen molar-refractivity contribution < 1.29 is 4.79 Å². The molecule has 4 nitrogen and oxygen atoms in total. The Morgan fingerprint density at radius 1 is 1.18 bits per heavy atom. The molecule has 1 heterocycles. The van der Waals surface area contributed by atoms with Crippen molar-refractivity contribution in [1.29, 1.82) is 0 Å². The van der Waals surface area contributed by atoms with E-state index >= 15 is 0 Å². The number of aryl methyl sites for hydroxylation is 1. The molecular weight excluding hydrogens is 274 g/mol. The Morgan fingerprint density at radius 3 is 2.55 bits per heavy atom. The van der Waals surface area contributed by atoms with E-state index in [4.69, 9.17) is 5.73 Å². The number of hydrogen-bond acceptors (Lipinski definition) is 3. The topological polar surface area (TPSA) is 68.0 Å². The SMILES string of the molecule is CC(C)(CCCc1ccccc1)C(=O)Nc1ccc(N)nc1. The molecule has 1 amide bonds. The molecule has 2 aromatic rings. The summed E-state index contributed by atoms with van der Waals surface area (Å²) in [6.07, 6.45) is 4.37. The average Bonchev–Trinajstić information content (AvgIpc) is 2.50. The van der Waals surface area contributed by atoms with E-state index in [0.717, 1.165) is 19.3 Å². The standard InChI is InChI=1S/C18H23N3O/c1-18(2,12-6-9-14-7-4-3-5-8-14)17(22)21-15-10-11-16(19)20-13-15/h3-5,7-8,10-11,13H,6,9,12H2,1-2H3,(H2,19,20)(H,21,22). The first-order valence-electron chi connectivity index (χ1n) is 7.54. The second kappa shape index (κ2) is 7.07. The lowest BCUT2D eigenvalue weighted by Gasteiger charge is -2.23. The van der Waals surface area contributed by atoms with Gasteiger partial charge in [-0.2, -0.15) is 0 Å². The van der Waals surface area contributed by atoms with Gasteiger partial charge in [0.25, 0.3) is 0 Å². The van der Waals surface area contributed by atoms with Crippen LogP contribution in [0.5, 0.6) is 0 Å². The maximum absolute atomic E-state index is 12.4. The number of nitrogens with two attached hydrogens (primary N) is 1. The maximum atomic E-state index is 12.4. The number of amides is 1. The first-order valence-corrected chi connectivity index (χ1v) is 7.54. The van der Waals surface area contributed by atoms with E-state index in [1.165, 1.54) is 5.56 Å². The third kappa shape index (κ3) is 4.58. The summed E-state index contributed by atoms with van der Waals surface area (Å²) in [6.45, 7) is 3.94. The number of pyridine rings is 1. The Labute approximate surface area is 131 Å². The predicted octanol–water partition coefficient (Wildman–Crippen LogP) is 3.65. The molecule has 4 heteroatoms. The Balaban J connectivity index is 1.86. The smallest absolute Gasteiger partial charge is 0.230 e. The molecule has 3 N–H and O–H groups in total. The van der Waals surface area contributed by atoms with E-state index < -0.39 is 5.41 Å². The lowest BCUT2D eigenvalue weighted by atomic mass is 9.85. The van der Waals surface area contributed by atoms with Gasteiger partial charge in [0, 0.05) is 5.41 Å². The number of benzene rings is 1. The van der Waals surface area contributed by atoms with Gasteiger partial charge in [0.05, 0.1) is 11.9 Å². The van der Waals surface area contributed by atoms with Crippen LogP contribution in [0.3, 0.4) is 0 Å². The summed E-state index contributed by atoms with van der Waals surface area (Å²) in [5.74, 6) is 0.451. The zero-order chi connectivity index (χ0) is 16.0. The molecule has 0 spiro atoms. The number of nitrogens with one attached hydrogen (secondary N) is 1. The van der Waals surface area contributed by atoms with Crippen LogP contribution in [0.2, 0.25) is 0 Å². The lowest BCUT2D eigenvalue weighted by Crippen LogP contribution is -2.30. The quantitative estimate of drug-likeness (QED) is 0.855. The summed E-state index contributed by atoms with van der Waals surface area (Å²) in [5.41, 5.74) is 7.10. The summed E-state index contributed by atoms with van der Waals surface area (Å²) in [5, 5.41) is 2.90. The van der Waals surface area contributed by atoms with Gasteiger partial charge in [-0.25, -0.2) is 4.98 Å². The van der Waals surface area contributed by atoms with Gasteiger partial charge in [-0.15, -0.1) is 0 Å². The van der Waals surface area contributed by atoms with Gasteiger partial charge in [-0.3, -0.25) is 4.79 Å². The summed E-state index contributed by atoms with van der Waals surface area (Å²) in [4.78, 5) is 16.4. The van der Waals surface area contributed by atoms with E-state index in [-0.39, 0.29) is 5.91 Å². The van der Waals surface area contributed by atoms with Crippen molar-refractivity contribution in [2.75, 3.05) is 11.1 Å². The van der Waals surface area contributed by atoms with Crippen molar-refractivity contribution in [2.45, 2.75) is 33.1 Å². The number of rotatable bonds is 6. The number of hydrogen-bond donors (Lipinski definition) is 2. The fourth-order valence-corrected chi connectivity index (χ4v) is 2.27. The number of nitrogens with zero attached hydrogens (tertiary/aromatic N) is 1. The highest BCUT2D eigenvalue weighted by Crippen LogP contribution is 2.25. The summed E-state index contributed by atoms with van der Waals surface area (Å²) in [7, 11) is 0. The monoisotopic (exact) mass is 297 g/mol. The van der Waals surface area contributed by atoms with Crippen LogP contribution in [0, 0.1) is 5.41 Å². The zero-order valence-electron chi connectivity index (χ0n) is 13.2. The molecule has 0 fully saturated rings. The zero-order valence-corrected chi connectivity index (χ0v) is 13.2. The molecule has 2 rings (SSSR count). The molecule has 0 bridgehead atoms. The fourth-order valence-electron chi connectivity index (χ4n) is 2.27. The fraction of sp³-hybridized carbons (Fsp3) is 0.333. The molecule has 0 aliphatic heterocycles. The number of nitrogen functional groups attached to an aromatic ring is 1. The molecule has 0 radical (unpaired) electrons. The van der Waals surface area contributed by atoms with Gasteiger partial charge in [0.1, 0.15) is 5.82 Å². The van der Waals surface area contributed by atoms with E-state index in [9.17, 15) is 4.79 Å². The van der Waals surface area contributed by atoms with E-state index in [1.54, 1.807) is 18.3 Å². The Bertz CT molecular complexity index is 606. The number of carbonyl (C=O) groups is 1. The largest absolute Gasteiger partial charge is 0.384 e. The number of carbonyl (C=O) groups excluding carboxylic acids is 1. The third-order valence-electron chi connectivity index (χ3n) is 3.77. The average molecular weight is 297 g/mol. The van der Waals surface area contributed by atoms with Gasteiger partial charge in [0.2, 0.25) is 5.91 Å².